The van der Waals surface area contributed by atoms with Gasteiger partial charge in [-0.3, -0.25) is 0 Å². The quantitative estimate of drug-likeness (QED) is 0.866. The largest absolute Gasteiger partial charge is 0.433 e. The zero-order valence-electron chi connectivity index (χ0n) is 10.7. The minimum Gasteiger partial charge on any atom is -0.370 e. The highest BCUT2D eigenvalue weighted by Crippen LogP contribution is 2.31. The second-order valence-electron chi connectivity index (χ2n) is 4.72. The van der Waals surface area contributed by atoms with Crippen molar-refractivity contribution in [2.24, 2.45) is 5.92 Å². The molecular formula is C12H17F3N4. The van der Waals surface area contributed by atoms with E-state index >= 15 is 0 Å². The monoisotopic (exact) mass is 274 g/mol. The number of rotatable bonds is 5. The van der Waals surface area contributed by atoms with E-state index < -0.39 is 11.9 Å². The second kappa shape index (κ2) is 5.63. The van der Waals surface area contributed by atoms with Gasteiger partial charge in [0.1, 0.15) is 5.82 Å². The number of halogens is 3. The summed E-state index contributed by atoms with van der Waals surface area (Å²) >= 11 is 0. The Morgan fingerprint density at radius 3 is 2.58 bits per heavy atom. The molecule has 1 fully saturated rings. The third-order valence-electron chi connectivity index (χ3n) is 3.32. The molecule has 106 valence electrons. The van der Waals surface area contributed by atoms with Gasteiger partial charge in [0.2, 0.25) is 5.95 Å². The van der Waals surface area contributed by atoms with Gasteiger partial charge in [0, 0.05) is 19.7 Å². The first kappa shape index (κ1) is 13.9. The van der Waals surface area contributed by atoms with Crippen molar-refractivity contribution < 1.29 is 13.2 Å². The zero-order chi connectivity index (χ0) is 13.9. The number of aromatic nitrogens is 2. The Bertz CT molecular complexity index is 429. The fraction of sp³-hybridized carbons (Fsp3) is 0.667. The minimum atomic E-state index is -4.46. The number of nitrogens with zero attached hydrogens (tertiary/aromatic N) is 2. The molecule has 7 heteroatoms. The summed E-state index contributed by atoms with van der Waals surface area (Å²) in [4.78, 5) is 7.38. The average Bonchev–Trinajstić information content (AvgIpc) is 2.31. The van der Waals surface area contributed by atoms with Crippen LogP contribution in [0, 0.1) is 5.92 Å². The fourth-order valence-electron chi connectivity index (χ4n) is 1.98. The van der Waals surface area contributed by atoms with E-state index in [1.165, 1.54) is 26.3 Å². The smallest absolute Gasteiger partial charge is 0.370 e. The van der Waals surface area contributed by atoms with Crippen LogP contribution < -0.4 is 10.6 Å². The fourth-order valence-corrected chi connectivity index (χ4v) is 1.98. The van der Waals surface area contributed by atoms with Gasteiger partial charge in [-0.25, -0.2) is 4.98 Å². The van der Waals surface area contributed by atoms with Crippen LogP contribution in [0.15, 0.2) is 6.07 Å². The Labute approximate surface area is 109 Å². The predicted octanol–water partition coefficient (Wildman–Crippen LogP) is 3.14. The molecule has 0 aliphatic heterocycles. The van der Waals surface area contributed by atoms with E-state index in [0.717, 1.165) is 12.5 Å². The molecule has 0 radical (unpaired) electrons. The first-order valence-corrected chi connectivity index (χ1v) is 6.37. The van der Waals surface area contributed by atoms with Gasteiger partial charge in [-0.05, 0) is 12.3 Å². The van der Waals surface area contributed by atoms with Gasteiger partial charge in [-0.15, -0.1) is 0 Å². The zero-order valence-corrected chi connectivity index (χ0v) is 10.7. The molecule has 2 rings (SSSR count). The molecule has 0 aromatic carbocycles. The van der Waals surface area contributed by atoms with Gasteiger partial charge in [0.05, 0.1) is 0 Å². The Balaban J connectivity index is 2.01. The van der Waals surface area contributed by atoms with E-state index in [1.54, 1.807) is 0 Å². The lowest BCUT2D eigenvalue weighted by Gasteiger charge is -2.25. The summed E-state index contributed by atoms with van der Waals surface area (Å²) < 4.78 is 38.0. The maximum Gasteiger partial charge on any atom is 0.433 e. The van der Waals surface area contributed by atoms with Crippen molar-refractivity contribution in [3.05, 3.63) is 11.8 Å². The third-order valence-corrected chi connectivity index (χ3v) is 3.32. The van der Waals surface area contributed by atoms with E-state index in [9.17, 15) is 13.2 Å². The Morgan fingerprint density at radius 2 is 2.05 bits per heavy atom. The lowest BCUT2D eigenvalue weighted by atomic mass is 9.83. The highest BCUT2D eigenvalue weighted by atomic mass is 19.4. The third kappa shape index (κ3) is 3.71. The molecular weight excluding hydrogens is 257 g/mol. The summed E-state index contributed by atoms with van der Waals surface area (Å²) in [6.45, 7) is 0.641. The van der Waals surface area contributed by atoms with Crippen molar-refractivity contribution in [1.29, 1.82) is 0 Å². The van der Waals surface area contributed by atoms with Gasteiger partial charge in [0.15, 0.2) is 5.69 Å². The van der Waals surface area contributed by atoms with E-state index in [0.29, 0.717) is 12.5 Å². The highest BCUT2D eigenvalue weighted by molar-refractivity contribution is 5.42. The molecule has 0 unspecified atom stereocenters. The number of hydrogen-bond acceptors (Lipinski definition) is 4. The normalized spacial score (nSPS) is 16.0. The van der Waals surface area contributed by atoms with Crippen molar-refractivity contribution in [2.75, 3.05) is 24.2 Å². The molecule has 0 saturated heterocycles. The van der Waals surface area contributed by atoms with Crippen LogP contribution in [0.2, 0.25) is 0 Å². The Morgan fingerprint density at radius 1 is 1.32 bits per heavy atom. The van der Waals surface area contributed by atoms with Crippen LogP contribution in [0.5, 0.6) is 0 Å². The van der Waals surface area contributed by atoms with Crippen molar-refractivity contribution in [3.8, 4) is 0 Å². The Hall–Kier alpha value is -1.53. The van der Waals surface area contributed by atoms with Gasteiger partial charge in [-0.1, -0.05) is 19.3 Å². The predicted molar refractivity (Wildman–Crippen MR) is 67.0 cm³/mol. The average molecular weight is 274 g/mol. The van der Waals surface area contributed by atoms with Gasteiger partial charge >= 0.3 is 6.18 Å². The van der Waals surface area contributed by atoms with Gasteiger partial charge in [-0.2, -0.15) is 18.2 Å². The molecule has 19 heavy (non-hydrogen) atoms. The summed E-state index contributed by atoms with van der Waals surface area (Å²) in [7, 11) is 1.49. The molecule has 4 nitrogen and oxygen atoms in total. The molecule has 1 aliphatic rings. The van der Waals surface area contributed by atoms with Crippen LogP contribution >= 0.6 is 0 Å². The molecule has 1 aromatic rings. The van der Waals surface area contributed by atoms with E-state index in [1.807, 2.05) is 0 Å². The van der Waals surface area contributed by atoms with Crippen LogP contribution in [0.1, 0.15) is 31.4 Å². The summed E-state index contributed by atoms with van der Waals surface area (Å²) in [6.07, 6.45) is 0.224. The summed E-state index contributed by atoms with van der Waals surface area (Å²) in [5, 5.41) is 5.48. The van der Waals surface area contributed by atoms with Gasteiger partial charge < -0.3 is 10.6 Å². The summed E-state index contributed by atoms with van der Waals surface area (Å²) in [6, 6.07) is 0.946. The van der Waals surface area contributed by atoms with Crippen LogP contribution in [-0.2, 0) is 6.18 Å². The first-order valence-electron chi connectivity index (χ1n) is 6.37. The van der Waals surface area contributed by atoms with Crippen molar-refractivity contribution in [1.82, 2.24) is 9.97 Å². The SMILES string of the molecule is CNc1nc(NCCC2CCC2)cc(C(F)(F)F)n1. The molecule has 0 amide bonds. The molecule has 2 N–H and O–H groups in total. The molecule has 1 aliphatic carbocycles. The molecule has 1 heterocycles. The molecule has 0 atom stereocenters. The maximum atomic E-state index is 12.7. The van der Waals surface area contributed by atoms with Gasteiger partial charge in [0.25, 0.3) is 0 Å². The van der Waals surface area contributed by atoms with E-state index in [4.69, 9.17) is 0 Å². The maximum absolute atomic E-state index is 12.7. The van der Waals surface area contributed by atoms with Crippen molar-refractivity contribution in [2.45, 2.75) is 31.9 Å². The highest BCUT2D eigenvalue weighted by Gasteiger charge is 2.33. The van der Waals surface area contributed by atoms with E-state index in [2.05, 4.69) is 20.6 Å². The number of hydrogen-bond donors (Lipinski definition) is 2. The molecule has 1 aromatic heterocycles. The lowest BCUT2D eigenvalue weighted by Crippen LogP contribution is -2.17. The lowest BCUT2D eigenvalue weighted by molar-refractivity contribution is -0.141. The van der Waals surface area contributed by atoms with Crippen molar-refractivity contribution >= 4 is 11.8 Å². The topological polar surface area (TPSA) is 49.8 Å². The number of alkyl halides is 3. The van der Waals surface area contributed by atoms with Crippen molar-refractivity contribution in [3.63, 3.8) is 0 Å². The van der Waals surface area contributed by atoms with Crippen LogP contribution in [0.4, 0.5) is 24.9 Å². The van der Waals surface area contributed by atoms with E-state index in [-0.39, 0.29) is 11.8 Å². The number of nitrogens with one attached hydrogen (secondary N) is 2. The minimum absolute atomic E-state index is 0.0269. The Kier molecular flexibility index (Phi) is 4.11. The second-order valence-corrected chi connectivity index (χ2v) is 4.72. The summed E-state index contributed by atoms with van der Waals surface area (Å²) in [5.41, 5.74) is -0.932. The summed E-state index contributed by atoms with van der Waals surface area (Å²) in [5.74, 6) is 0.896. The number of anilines is 2. The van der Waals surface area contributed by atoms with Crippen LogP contribution in [0.25, 0.3) is 0 Å². The first-order chi connectivity index (χ1) is 8.99. The molecule has 1 saturated carbocycles. The molecule has 0 bridgehead atoms. The van der Waals surface area contributed by atoms with Crippen LogP contribution in [-0.4, -0.2) is 23.6 Å². The standard InChI is InChI=1S/C12H17F3N4/c1-16-11-18-9(12(13,14)15)7-10(19-11)17-6-5-8-3-2-4-8/h7-8H,2-6H2,1H3,(H2,16,17,18,19). The molecule has 0 spiro atoms. The van der Waals surface area contributed by atoms with Crippen LogP contribution in [0.3, 0.4) is 0 Å².